The lowest BCUT2D eigenvalue weighted by atomic mass is 9.82. The Hall–Kier alpha value is -2.58. The van der Waals surface area contributed by atoms with Crippen molar-refractivity contribution in [3.8, 4) is 0 Å². The molecular formula is C18H18ClNO7. The van der Waals surface area contributed by atoms with E-state index in [1.165, 1.54) is 33.8 Å². The highest BCUT2D eigenvalue weighted by Crippen LogP contribution is 2.40. The Morgan fingerprint density at radius 2 is 1.78 bits per heavy atom. The summed E-state index contributed by atoms with van der Waals surface area (Å²) in [6.07, 6.45) is 0. The number of nitrogens with zero attached hydrogens (tertiary/aromatic N) is 1. The van der Waals surface area contributed by atoms with Gasteiger partial charge in [0.15, 0.2) is 5.76 Å². The van der Waals surface area contributed by atoms with Crippen LogP contribution in [0.4, 0.5) is 5.69 Å². The average molecular weight is 396 g/mol. The number of rotatable bonds is 4. The fraction of sp³-hybridized carbons (Fsp3) is 0.389. The molecule has 0 saturated heterocycles. The highest BCUT2D eigenvalue weighted by Gasteiger charge is 2.50. The first-order valence-corrected chi connectivity index (χ1v) is 8.32. The summed E-state index contributed by atoms with van der Waals surface area (Å²) in [7, 11) is 0. The van der Waals surface area contributed by atoms with Crippen LogP contribution in [0.2, 0.25) is 5.02 Å². The van der Waals surface area contributed by atoms with Gasteiger partial charge < -0.3 is 9.47 Å². The van der Waals surface area contributed by atoms with E-state index >= 15 is 0 Å². The van der Waals surface area contributed by atoms with Crippen molar-refractivity contribution in [2.75, 3.05) is 0 Å². The third-order valence-corrected chi connectivity index (χ3v) is 4.17. The number of benzene rings is 1. The molecule has 0 unspecified atom stereocenters. The fourth-order valence-corrected chi connectivity index (χ4v) is 3.11. The number of hydrogen-bond donors (Lipinski definition) is 0. The summed E-state index contributed by atoms with van der Waals surface area (Å²) in [4.78, 5) is 48.1. The molecule has 0 aromatic heterocycles. The number of Topliss-reactive ketones (excluding diaryl/α,β-unsaturated/α-hetero) is 2. The van der Waals surface area contributed by atoms with Crippen LogP contribution < -0.4 is 0 Å². The summed E-state index contributed by atoms with van der Waals surface area (Å²) < 4.78 is 10.8. The minimum absolute atomic E-state index is 0.0615. The Morgan fingerprint density at radius 1 is 1.19 bits per heavy atom. The Bertz CT molecular complexity index is 899. The molecule has 1 heterocycles. The number of carbonyl (C=O) groups excluding carboxylic acids is 3. The molecule has 2 rings (SSSR count). The van der Waals surface area contributed by atoms with Crippen LogP contribution >= 0.6 is 11.6 Å². The third kappa shape index (κ3) is 3.91. The molecule has 0 fully saturated rings. The zero-order chi connectivity index (χ0) is 20.7. The van der Waals surface area contributed by atoms with E-state index in [1.54, 1.807) is 0 Å². The molecule has 27 heavy (non-hydrogen) atoms. The normalized spacial score (nSPS) is 18.2. The number of hydrogen-bond acceptors (Lipinski definition) is 7. The van der Waals surface area contributed by atoms with Gasteiger partial charge in [0.05, 0.1) is 4.92 Å². The van der Waals surface area contributed by atoms with Crippen LogP contribution in [0.15, 0.2) is 29.5 Å². The van der Waals surface area contributed by atoms with Gasteiger partial charge in [-0.1, -0.05) is 11.6 Å². The Morgan fingerprint density at radius 3 is 2.30 bits per heavy atom. The molecule has 0 radical (unpaired) electrons. The van der Waals surface area contributed by atoms with Crippen molar-refractivity contribution in [2.45, 2.75) is 45.8 Å². The third-order valence-electron chi connectivity index (χ3n) is 3.93. The zero-order valence-electron chi connectivity index (χ0n) is 15.4. The minimum Gasteiger partial charge on any atom is -0.427 e. The van der Waals surface area contributed by atoms with E-state index in [1.807, 2.05) is 0 Å². The molecule has 1 aliphatic heterocycles. The van der Waals surface area contributed by atoms with Gasteiger partial charge in [-0.2, -0.15) is 0 Å². The summed E-state index contributed by atoms with van der Waals surface area (Å²) in [5, 5.41) is 11.4. The van der Waals surface area contributed by atoms with E-state index in [0.29, 0.717) is 0 Å². The second kappa shape index (κ2) is 6.86. The summed E-state index contributed by atoms with van der Waals surface area (Å²) in [6, 6.07) is 3.47. The molecule has 0 aliphatic carbocycles. The van der Waals surface area contributed by atoms with Crippen LogP contribution in [-0.2, 0) is 19.1 Å². The number of halogens is 1. The van der Waals surface area contributed by atoms with Crippen LogP contribution in [0.5, 0.6) is 0 Å². The van der Waals surface area contributed by atoms with Gasteiger partial charge in [-0.25, -0.2) is 0 Å². The van der Waals surface area contributed by atoms with Gasteiger partial charge in [-0.3, -0.25) is 24.5 Å². The molecule has 9 heteroatoms. The van der Waals surface area contributed by atoms with Gasteiger partial charge in [-0.15, -0.1) is 0 Å². The van der Waals surface area contributed by atoms with Crippen molar-refractivity contribution >= 4 is 34.8 Å². The molecule has 0 amide bonds. The van der Waals surface area contributed by atoms with E-state index in [0.717, 1.165) is 19.1 Å². The molecule has 0 bridgehead atoms. The second-order valence-electron chi connectivity index (χ2n) is 7.00. The first kappa shape index (κ1) is 20.7. The molecule has 1 aromatic carbocycles. The van der Waals surface area contributed by atoms with Crippen molar-refractivity contribution < 1.29 is 28.8 Å². The number of nitro benzene ring substituents is 1. The van der Waals surface area contributed by atoms with Crippen molar-refractivity contribution in [1.29, 1.82) is 0 Å². The molecule has 144 valence electrons. The maximum absolute atomic E-state index is 13.1. The summed E-state index contributed by atoms with van der Waals surface area (Å²) >= 11 is 5.78. The predicted molar refractivity (Wildman–Crippen MR) is 95.5 cm³/mol. The lowest BCUT2D eigenvalue weighted by molar-refractivity contribution is -0.385. The molecule has 1 aliphatic rings. The van der Waals surface area contributed by atoms with Gasteiger partial charge in [-0.05, 0) is 39.8 Å². The van der Waals surface area contributed by atoms with Crippen molar-refractivity contribution in [3.63, 3.8) is 0 Å². The van der Waals surface area contributed by atoms with E-state index in [4.69, 9.17) is 21.1 Å². The highest BCUT2D eigenvalue weighted by molar-refractivity contribution is 6.32. The van der Waals surface area contributed by atoms with Gasteiger partial charge in [0.25, 0.3) is 5.69 Å². The van der Waals surface area contributed by atoms with E-state index in [-0.39, 0.29) is 16.3 Å². The van der Waals surface area contributed by atoms with Crippen molar-refractivity contribution in [2.24, 2.45) is 0 Å². The van der Waals surface area contributed by atoms with Crippen LogP contribution in [0.25, 0.3) is 0 Å². The molecule has 8 nitrogen and oxygen atoms in total. The summed E-state index contributed by atoms with van der Waals surface area (Å²) in [6.45, 7) is 7.10. The monoisotopic (exact) mass is 395 g/mol. The number of ketones is 2. The molecule has 0 atom stereocenters. The molecule has 0 spiro atoms. The maximum atomic E-state index is 13.1. The topological polar surface area (TPSA) is 113 Å². The predicted octanol–water partition coefficient (Wildman–Crippen LogP) is 3.40. The van der Waals surface area contributed by atoms with Crippen LogP contribution in [0.1, 0.15) is 45.0 Å². The largest absolute Gasteiger partial charge is 0.427 e. The summed E-state index contributed by atoms with van der Waals surface area (Å²) in [5.74, 6) is -2.73. The quantitative estimate of drug-likeness (QED) is 0.252. The first-order valence-electron chi connectivity index (χ1n) is 7.94. The SMILES string of the molecule is CC(=O)OC1=C(C(=O)c2ccc(Cl)cc2[N+](=O)[O-])C(=O)C(C)(C)OC1(C)C. The lowest BCUT2D eigenvalue weighted by Gasteiger charge is -2.41. The minimum atomic E-state index is -1.40. The van der Waals surface area contributed by atoms with Crippen LogP contribution in [-0.4, -0.2) is 33.7 Å². The van der Waals surface area contributed by atoms with Crippen LogP contribution in [0, 0.1) is 10.1 Å². The van der Waals surface area contributed by atoms with Gasteiger partial charge in [0, 0.05) is 18.0 Å². The zero-order valence-corrected chi connectivity index (χ0v) is 16.2. The Balaban J connectivity index is 2.79. The molecular weight excluding hydrogens is 378 g/mol. The number of ether oxygens (including phenoxy) is 2. The van der Waals surface area contributed by atoms with Gasteiger partial charge in [0.2, 0.25) is 11.6 Å². The Labute approximate surface area is 160 Å². The maximum Gasteiger partial charge on any atom is 0.307 e. The van der Waals surface area contributed by atoms with Crippen LogP contribution in [0.3, 0.4) is 0 Å². The molecule has 0 saturated carbocycles. The average Bonchev–Trinajstić information content (AvgIpc) is 2.51. The van der Waals surface area contributed by atoms with Crippen molar-refractivity contribution in [3.05, 3.63) is 50.2 Å². The molecule has 1 aromatic rings. The first-order chi connectivity index (χ1) is 12.3. The van der Waals surface area contributed by atoms with Gasteiger partial charge >= 0.3 is 5.97 Å². The van der Waals surface area contributed by atoms with Crippen molar-refractivity contribution in [1.82, 2.24) is 0 Å². The van der Waals surface area contributed by atoms with Gasteiger partial charge in [0.1, 0.15) is 22.3 Å². The number of esters is 1. The molecule has 0 N–H and O–H groups in total. The fourth-order valence-electron chi connectivity index (χ4n) is 2.94. The highest BCUT2D eigenvalue weighted by atomic mass is 35.5. The summed E-state index contributed by atoms with van der Waals surface area (Å²) in [5.41, 5.74) is -4.06. The number of carbonyl (C=O) groups is 3. The van der Waals surface area contributed by atoms with E-state index in [2.05, 4.69) is 0 Å². The second-order valence-corrected chi connectivity index (χ2v) is 7.43. The Kier molecular flexibility index (Phi) is 5.27. The van der Waals surface area contributed by atoms with E-state index < -0.39 is 44.9 Å². The van der Waals surface area contributed by atoms with E-state index in [9.17, 15) is 24.5 Å². The standard InChI is InChI=1S/C18H18ClNO7/c1-9(21)26-16-13(15(23)17(2,3)27-18(16,4)5)14(22)11-7-6-10(19)8-12(11)20(24)25/h6-8H,1-5H3. The number of nitro groups is 1. The lowest BCUT2D eigenvalue weighted by Crippen LogP contribution is -2.52. The smallest absolute Gasteiger partial charge is 0.307 e.